The van der Waals surface area contributed by atoms with Crippen molar-refractivity contribution in [1.82, 2.24) is 5.32 Å². The van der Waals surface area contributed by atoms with Crippen molar-refractivity contribution in [1.29, 1.82) is 0 Å². The molecule has 5 atom stereocenters. The molecule has 10 heteroatoms. The van der Waals surface area contributed by atoms with Gasteiger partial charge >= 0.3 is 11.9 Å². The Morgan fingerprint density at radius 2 is 1.68 bits per heavy atom. The van der Waals surface area contributed by atoms with Gasteiger partial charge in [0.05, 0.1) is 0 Å². The first-order chi connectivity index (χ1) is 16.2. The highest BCUT2D eigenvalue weighted by molar-refractivity contribution is 5.94. The number of esters is 2. The molecule has 1 aliphatic heterocycles. The van der Waals surface area contributed by atoms with E-state index in [1.54, 1.807) is 55.6 Å². The summed E-state index contributed by atoms with van der Waals surface area (Å²) in [5.74, 6) is -0.554. The summed E-state index contributed by atoms with van der Waals surface area (Å²) in [7, 11) is 1.54. The maximum absolute atomic E-state index is 11.7. The fraction of sp³-hybridized carbons (Fsp3) is 0.375. The summed E-state index contributed by atoms with van der Waals surface area (Å²) in [5.41, 5.74) is 0.970. The zero-order chi connectivity index (χ0) is 24.8. The molecule has 1 amide bonds. The molecule has 0 bridgehead atoms. The lowest BCUT2D eigenvalue weighted by Crippen LogP contribution is -2.57. The van der Waals surface area contributed by atoms with Gasteiger partial charge in [-0.15, -0.1) is 0 Å². The molecule has 3 N–H and O–H groups in total. The topological polar surface area (TPSA) is 141 Å². The third-order valence-electron chi connectivity index (χ3n) is 5.20. The molecule has 10 nitrogen and oxygen atoms in total. The first-order valence-corrected chi connectivity index (χ1v) is 10.6. The SMILES string of the molecule is CNC(=O)c1ccc(Oc2cccc([C@H]3O[C@H](COC(C)=O)[C@@H](OC(C)=O)[C@H](O)[C@@H]3O)c2)cc1. The number of benzene rings is 2. The van der Waals surface area contributed by atoms with E-state index in [0.29, 0.717) is 22.6 Å². The Hall–Kier alpha value is -3.47. The first-order valence-electron chi connectivity index (χ1n) is 10.6. The van der Waals surface area contributed by atoms with Crippen LogP contribution in [-0.4, -0.2) is 66.1 Å². The van der Waals surface area contributed by atoms with Crippen molar-refractivity contribution in [2.24, 2.45) is 0 Å². The third kappa shape index (κ3) is 6.10. The number of ether oxygens (including phenoxy) is 4. The molecule has 2 aromatic rings. The van der Waals surface area contributed by atoms with Crippen LogP contribution in [-0.2, 0) is 23.8 Å². The van der Waals surface area contributed by atoms with E-state index in [-0.39, 0.29) is 12.5 Å². The highest BCUT2D eigenvalue weighted by atomic mass is 16.6. The van der Waals surface area contributed by atoms with Crippen LogP contribution in [0.2, 0.25) is 0 Å². The molecule has 0 radical (unpaired) electrons. The molecular weight excluding hydrogens is 446 g/mol. The Labute approximate surface area is 196 Å². The van der Waals surface area contributed by atoms with Crippen molar-refractivity contribution in [2.45, 2.75) is 44.4 Å². The molecule has 0 saturated carbocycles. The van der Waals surface area contributed by atoms with Crippen molar-refractivity contribution in [3.8, 4) is 11.5 Å². The average molecular weight is 473 g/mol. The molecule has 0 spiro atoms. The molecule has 1 aliphatic rings. The number of hydrogen-bond donors (Lipinski definition) is 3. The van der Waals surface area contributed by atoms with E-state index in [1.165, 1.54) is 6.92 Å². The predicted molar refractivity (Wildman–Crippen MR) is 118 cm³/mol. The fourth-order valence-corrected chi connectivity index (χ4v) is 3.60. The number of aliphatic hydroxyl groups excluding tert-OH is 2. The second-order valence-electron chi connectivity index (χ2n) is 7.73. The minimum Gasteiger partial charge on any atom is -0.463 e. The second kappa shape index (κ2) is 11.1. The van der Waals surface area contributed by atoms with E-state index in [4.69, 9.17) is 18.9 Å². The van der Waals surface area contributed by atoms with Crippen LogP contribution in [0, 0.1) is 0 Å². The van der Waals surface area contributed by atoms with Gasteiger partial charge < -0.3 is 34.5 Å². The molecule has 1 saturated heterocycles. The van der Waals surface area contributed by atoms with Crippen molar-refractivity contribution in [2.75, 3.05) is 13.7 Å². The van der Waals surface area contributed by atoms with Crippen LogP contribution in [0.5, 0.6) is 11.5 Å². The summed E-state index contributed by atoms with van der Waals surface area (Å²) in [5, 5.41) is 23.9. The normalized spacial score (nSPS) is 24.1. The van der Waals surface area contributed by atoms with Crippen LogP contribution in [0.15, 0.2) is 48.5 Å². The van der Waals surface area contributed by atoms with Crippen LogP contribution >= 0.6 is 0 Å². The Bertz CT molecular complexity index is 1020. The van der Waals surface area contributed by atoms with Gasteiger partial charge in [-0.05, 0) is 42.0 Å². The molecule has 0 aliphatic carbocycles. The molecule has 1 heterocycles. The van der Waals surface area contributed by atoms with E-state index in [0.717, 1.165) is 6.92 Å². The number of rotatable bonds is 7. The minimum atomic E-state index is -1.48. The van der Waals surface area contributed by atoms with E-state index < -0.39 is 42.5 Å². The van der Waals surface area contributed by atoms with Crippen LogP contribution in [0.4, 0.5) is 0 Å². The molecule has 1 fully saturated rings. The zero-order valence-electron chi connectivity index (χ0n) is 19.0. The standard InChI is InChI=1S/C24H27NO9/c1-13(26)31-12-19-23(32-14(2)27)21(29)20(28)22(34-19)16-5-4-6-18(11-16)33-17-9-7-15(8-10-17)24(30)25-3/h4-11,19-23,28-29H,12H2,1-3H3,(H,25,30)/t19-,20+,21-,22-,23-/m1/s1. The smallest absolute Gasteiger partial charge is 0.303 e. The Morgan fingerprint density at radius 1 is 0.971 bits per heavy atom. The molecule has 182 valence electrons. The number of carbonyl (C=O) groups excluding carboxylic acids is 3. The average Bonchev–Trinajstić information content (AvgIpc) is 2.81. The van der Waals surface area contributed by atoms with Crippen LogP contribution < -0.4 is 10.1 Å². The number of nitrogens with one attached hydrogen (secondary N) is 1. The number of aliphatic hydroxyl groups is 2. The van der Waals surface area contributed by atoms with Gasteiger partial charge in [0.2, 0.25) is 0 Å². The van der Waals surface area contributed by atoms with Gasteiger partial charge in [-0.25, -0.2) is 0 Å². The van der Waals surface area contributed by atoms with Gasteiger partial charge in [0.1, 0.15) is 42.5 Å². The number of hydrogen-bond acceptors (Lipinski definition) is 9. The predicted octanol–water partition coefficient (Wildman–Crippen LogP) is 1.49. The van der Waals surface area contributed by atoms with Crippen molar-refractivity contribution in [3.63, 3.8) is 0 Å². The zero-order valence-corrected chi connectivity index (χ0v) is 19.0. The van der Waals surface area contributed by atoms with Gasteiger partial charge in [-0.2, -0.15) is 0 Å². The lowest BCUT2D eigenvalue weighted by molar-refractivity contribution is -0.242. The Kier molecular flexibility index (Phi) is 8.21. The third-order valence-corrected chi connectivity index (χ3v) is 5.20. The van der Waals surface area contributed by atoms with E-state index in [1.807, 2.05) is 0 Å². The van der Waals surface area contributed by atoms with E-state index >= 15 is 0 Å². The minimum absolute atomic E-state index is 0.217. The summed E-state index contributed by atoms with van der Waals surface area (Å²) in [6.07, 6.45) is -6.15. The maximum Gasteiger partial charge on any atom is 0.303 e. The molecular formula is C24H27NO9. The van der Waals surface area contributed by atoms with E-state index in [2.05, 4.69) is 5.32 Å². The summed E-state index contributed by atoms with van der Waals surface area (Å²) in [6, 6.07) is 13.2. The molecule has 0 aromatic heterocycles. The van der Waals surface area contributed by atoms with Gasteiger partial charge in [-0.1, -0.05) is 12.1 Å². The Morgan fingerprint density at radius 3 is 2.29 bits per heavy atom. The van der Waals surface area contributed by atoms with Crippen molar-refractivity contribution < 1.29 is 43.5 Å². The van der Waals surface area contributed by atoms with Crippen LogP contribution in [0.25, 0.3) is 0 Å². The lowest BCUT2D eigenvalue weighted by atomic mass is 9.91. The first kappa shape index (κ1) is 25.2. The second-order valence-corrected chi connectivity index (χ2v) is 7.73. The highest BCUT2D eigenvalue weighted by Gasteiger charge is 2.47. The van der Waals surface area contributed by atoms with Gasteiger partial charge in [-0.3, -0.25) is 14.4 Å². The Balaban J connectivity index is 1.80. The van der Waals surface area contributed by atoms with E-state index in [9.17, 15) is 24.6 Å². The molecule has 34 heavy (non-hydrogen) atoms. The fourth-order valence-electron chi connectivity index (χ4n) is 3.60. The maximum atomic E-state index is 11.7. The number of carbonyl (C=O) groups is 3. The van der Waals surface area contributed by atoms with Crippen LogP contribution in [0.3, 0.4) is 0 Å². The highest BCUT2D eigenvalue weighted by Crippen LogP contribution is 2.36. The summed E-state index contributed by atoms with van der Waals surface area (Å²) in [6.45, 7) is 2.10. The molecule has 0 unspecified atom stereocenters. The van der Waals surface area contributed by atoms with Gasteiger partial charge in [0.15, 0.2) is 6.10 Å². The van der Waals surface area contributed by atoms with Crippen LogP contribution in [0.1, 0.15) is 35.9 Å². The quantitative estimate of drug-likeness (QED) is 0.510. The summed E-state index contributed by atoms with van der Waals surface area (Å²) >= 11 is 0. The van der Waals surface area contributed by atoms with Crippen molar-refractivity contribution in [3.05, 3.63) is 59.7 Å². The largest absolute Gasteiger partial charge is 0.463 e. The van der Waals surface area contributed by atoms with Gasteiger partial charge in [0, 0.05) is 26.5 Å². The van der Waals surface area contributed by atoms with Gasteiger partial charge in [0.25, 0.3) is 5.91 Å². The molecule has 3 rings (SSSR count). The summed E-state index contributed by atoms with van der Waals surface area (Å²) in [4.78, 5) is 34.4. The molecule has 2 aromatic carbocycles. The number of amides is 1. The summed E-state index contributed by atoms with van der Waals surface area (Å²) < 4.78 is 21.9. The lowest BCUT2D eigenvalue weighted by Gasteiger charge is -2.42. The monoisotopic (exact) mass is 473 g/mol. The van der Waals surface area contributed by atoms with Crippen molar-refractivity contribution >= 4 is 17.8 Å².